The summed E-state index contributed by atoms with van der Waals surface area (Å²) in [5.74, 6) is 0. The van der Waals surface area contributed by atoms with Gasteiger partial charge in [0.2, 0.25) is 0 Å². The van der Waals surface area contributed by atoms with Crippen molar-refractivity contribution in [3.8, 4) is 6.07 Å². The number of rotatable bonds is 4. The maximum absolute atomic E-state index is 9.55. The second-order valence-corrected chi connectivity index (χ2v) is 10.0. The summed E-state index contributed by atoms with van der Waals surface area (Å²) in [4.78, 5) is 12.1. The van der Waals surface area contributed by atoms with Crippen LogP contribution in [0, 0.1) is 11.3 Å². The number of likely N-dealkylation sites (tertiary alicyclic amines) is 1. The predicted octanol–water partition coefficient (Wildman–Crippen LogP) is 3.02. The van der Waals surface area contributed by atoms with Crippen molar-refractivity contribution in [1.29, 1.82) is 5.26 Å². The quantitative estimate of drug-likeness (QED) is 0.740. The van der Waals surface area contributed by atoms with Gasteiger partial charge in [-0.2, -0.15) is 5.26 Å². The largest absolute Gasteiger partial charge is 0.378 e. The zero-order valence-electron chi connectivity index (χ0n) is 20.7. The number of ether oxygens (including phenoxy) is 1. The number of anilines is 1. The van der Waals surface area contributed by atoms with Crippen molar-refractivity contribution in [3.05, 3.63) is 70.7 Å². The van der Waals surface area contributed by atoms with E-state index >= 15 is 0 Å². The summed E-state index contributed by atoms with van der Waals surface area (Å²) in [6.07, 6.45) is 7.77. The smallest absolute Gasteiger partial charge is 0.101 e. The fourth-order valence-electron chi connectivity index (χ4n) is 6.26. The van der Waals surface area contributed by atoms with Crippen molar-refractivity contribution in [2.24, 2.45) is 0 Å². The number of nitrogens with zero attached hydrogens (tertiary/aromatic N) is 5. The second kappa shape index (κ2) is 8.71. The van der Waals surface area contributed by atoms with E-state index in [1.807, 2.05) is 26.3 Å². The number of benzene rings is 1. The topological polar surface area (TPSA) is 67.7 Å². The summed E-state index contributed by atoms with van der Waals surface area (Å²) < 4.78 is 5.72. The molecular formula is C28H32N6O. The van der Waals surface area contributed by atoms with E-state index in [4.69, 9.17) is 4.74 Å². The van der Waals surface area contributed by atoms with Crippen LogP contribution < -0.4 is 10.2 Å². The van der Waals surface area contributed by atoms with E-state index in [2.05, 4.69) is 62.3 Å². The fraction of sp³-hybridized carbons (Fsp3) is 0.429. The van der Waals surface area contributed by atoms with Gasteiger partial charge in [0.05, 0.1) is 29.8 Å². The summed E-state index contributed by atoms with van der Waals surface area (Å²) in [6, 6.07) is 11.1. The van der Waals surface area contributed by atoms with Gasteiger partial charge in [0.15, 0.2) is 0 Å². The molecule has 0 unspecified atom stereocenters. The van der Waals surface area contributed by atoms with Crippen LogP contribution in [0.3, 0.4) is 0 Å². The Balaban J connectivity index is 1.29. The fourth-order valence-corrected chi connectivity index (χ4v) is 6.26. The highest BCUT2D eigenvalue weighted by atomic mass is 16.5. The minimum absolute atomic E-state index is 0.222. The van der Waals surface area contributed by atoms with Gasteiger partial charge in [-0.1, -0.05) is 6.08 Å². The number of hydrogen-bond donors (Lipinski definition) is 1. The van der Waals surface area contributed by atoms with Gasteiger partial charge in [-0.15, -0.1) is 0 Å². The SMILES string of the molecule is CN[C@H]1CN(C2=CCC3=C4CN(c5ccc(C#N)c6ncccc56)C[C@@H](C)N4CC3=C2)C[C@@H]1OC. The van der Waals surface area contributed by atoms with Crippen molar-refractivity contribution in [1.82, 2.24) is 20.1 Å². The molecule has 1 aliphatic carbocycles. The summed E-state index contributed by atoms with van der Waals surface area (Å²) in [6.45, 7) is 7.05. The van der Waals surface area contributed by atoms with Crippen molar-refractivity contribution >= 4 is 16.6 Å². The molecule has 0 amide bonds. The molecule has 0 bridgehead atoms. The van der Waals surface area contributed by atoms with Crippen LogP contribution in [-0.4, -0.2) is 79.9 Å². The van der Waals surface area contributed by atoms with Crippen LogP contribution in [0.4, 0.5) is 5.69 Å². The number of likely N-dealkylation sites (N-methyl/N-ethyl adjacent to an activating group) is 1. The summed E-state index contributed by atoms with van der Waals surface area (Å²) in [5, 5.41) is 14.0. The second-order valence-electron chi connectivity index (χ2n) is 10.0. The van der Waals surface area contributed by atoms with Crippen LogP contribution in [0.15, 0.2) is 65.2 Å². The van der Waals surface area contributed by atoms with Gasteiger partial charge in [0, 0.05) is 68.0 Å². The Morgan fingerprint density at radius 1 is 1.14 bits per heavy atom. The van der Waals surface area contributed by atoms with Gasteiger partial charge in [0.1, 0.15) is 6.07 Å². The number of allylic oxidation sites excluding steroid dienone is 2. The van der Waals surface area contributed by atoms with Gasteiger partial charge >= 0.3 is 0 Å². The standard InChI is InChI=1S/C28H32N6O/c1-18-13-33(25-9-6-19(12-29)28-23(25)5-4-10-31-28)16-26-22-8-7-21(11-20(22)14-34(18)26)32-15-24(30-2)27(17-32)35-3/h4-7,9-11,18,24,27,30H,8,13-17H2,1-3H3/t18-,24+,27+/m1/s1. The highest BCUT2D eigenvalue weighted by molar-refractivity contribution is 5.95. The van der Waals surface area contributed by atoms with Crippen molar-refractivity contribution in [3.63, 3.8) is 0 Å². The Morgan fingerprint density at radius 2 is 2.03 bits per heavy atom. The lowest BCUT2D eigenvalue weighted by atomic mass is 9.96. The molecule has 6 rings (SSSR count). The Labute approximate surface area is 207 Å². The summed E-state index contributed by atoms with van der Waals surface area (Å²) >= 11 is 0. The molecule has 0 spiro atoms. The molecule has 2 aromatic rings. The van der Waals surface area contributed by atoms with Crippen LogP contribution in [0.1, 0.15) is 18.9 Å². The highest BCUT2D eigenvalue weighted by Gasteiger charge is 2.38. The third kappa shape index (κ3) is 3.60. The molecule has 180 valence electrons. The van der Waals surface area contributed by atoms with E-state index in [0.717, 1.165) is 55.7 Å². The average molecular weight is 469 g/mol. The van der Waals surface area contributed by atoms with Crippen LogP contribution in [0.2, 0.25) is 0 Å². The predicted molar refractivity (Wildman–Crippen MR) is 138 cm³/mol. The molecule has 3 atom stereocenters. The Bertz CT molecular complexity index is 1290. The number of piperazine rings is 1. The number of nitriles is 1. The normalized spacial score (nSPS) is 26.0. The number of aromatic nitrogens is 1. The van der Waals surface area contributed by atoms with Crippen LogP contribution >= 0.6 is 0 Å². The molecule has 4 heterocycles. The van der Waals surface area contributed by atoms with Crippen LogP contribution in [0.5, 0.6) is 0 Å². The van der Waals surface area contributed by atoms with Gasteiger partial charge in [-0.05, 0) is 61.9 Å². The number of hydrogen-bond acceptors (Lipinski definition) is 7. The average Bonchev–Trinajstić information content (AvgIpc) is 3.49. The Morgan fingerprint density at radius 3 is 2.80 bits per heavy atom. The molecule has 2 saturated heterocycles. The maximum atomic E-state index is 9.55. The minimum Gasteiger partial charge on any atom is -0.378 e. The lowest BCUT2D eigenvalue weighted by molar-refractivity contribution is 0.0941. The first kappa shape index (κ1) is 22.1. The lowest BCUT2D eigenvalue weighted by Crippen LogP contribution is -2.49. The molecule has 2 fully saturated rings. The van der Waals surface area contributed by atoms with E-state index in [1.165, 1.54) is 22.5 Å². The highest BCUT2D eigenvalue weighted by Crippen LogP contribution is 2.41. The monoisotopic (exact) mass is 468 g/mol. The molecule has 7 nitrogen and oxygen atoms in total. The van der Waals surface area contributed by atoms with Crippen molar-refractivity contribution in [2.45, 2.75) is 31.5 Å². The number of nitrogens with one attached hydrogen (secondary N) is 1. The van der Waals surface area contributed by atoms with Crippen LogP contribution in [-0.2, 0) is 4.74 Å². The third-order valence-electron chi connectivity index (χ3n) is 8.13. The molecule has 1 aromatic heterocycles. The summed E-state index contributed by atoms with van der Waals surface area (Å²) in [7, 11) is 3.83. The molecule has 0 radical (unpaired) electrons. The molecule has 1 aromatic carbocycles. The Hall–Kier alpha value is -3.34. The molecule has 4 aliphatic rings. The first-order valence-corrected chi connectivity index (χ1v) is 12.5. The molecule has 3 aliphatic heterocycles. The van der Waals surface area contributed by atoms with Crippen LogP contribution in [0.25, 0.3) is 10.9 Å². The van der Waals surface area contributed by atoms with Gasteiger partial charge in [-0.25, -0.2) is 0 Å². The van der Waals surface area contributed by atoms with Gasteiger partial charge < -0.3 is 24.8 Å². The lowest BCUT2D eigenvalue weighted by Gasteiger charge is -2.42. The van der Waals surface area contributed by atoms with Gasteiger partial charge in [-0.3, -0.25) is 4.98 Å². The van der Waals surface area contributed by atoms with E-state index < -0.39 is 0 Å². The first-order valence-electron chi connectivity index (χ1n) is 12.5. The number of pyridine rings is 1. The van der Waals surface area contributed by atoms with E-state index in [9.17, 15) is 5.26 Å². The maximum Gasteiger partial charge on any atom is 0.101 e. The van der Waals surface area contributed by atoms with Crippen molar-refractivity contribution in [2.75, 3.05) is 51.8 Å². The zero-order chi connectivity index (χ0) is 24.1. The van der Waals surface area contributed by atoms with E-state index in [-0.39, 0.29) is 6.10 Å². The molecular weight excluding hydrogens is 436 g/mol. The molecule has 7 heteroatoms. The molecule has 0 saturated carbocycles. The van der Waals surface area contributed by atoms with Gasteiger partial charge in [0.25, 0.3) is 0 Å². The minimum atomic E-state index is 0.222. The number of methoxy groups -OCH3 is 1. The van der Waals surface area contributed by atoms with E-state index in [0.29, 0.717) is 17.6 Å². The molecule has 1 N–H and O–H groups in total. The Kier molecular flexibility index (Phi) is 5.51. The zero-order valence-corrected chi connectivity index (χ0v) is 20.7. The first-order chi connectivity index (χ1) is 17.1. The number of fused-ring (bicyclic) bond motifs is 3. The van der Waals surface area contributed by atoms with E-state index in [1.54, 1.807) is 6.20 Å². The van der Waals surface area contributed by atoms with Crippen molar-refractivity contribution < 1.29 is 4.74 Å². The summed E-state index contributed by atoms with van der Waals surface area (Å²) in [5.41, 5.74) is 8.30. The molecule has 35 heavy (non-hydrogen) atoms. The third-order valence-corrected chi connectivity index (χ3v) is 8.13.